The van der Waals surface area contributed by atoms with Crippen molar-refractivity contribution in [3.63, 3.8) is 0 Å². The number of para-hydroxylation sites is 1. The summed E-state index contributed by atoms with van der Waals surface area (Å²) in [5.41, 5.74) is 7.62. The SMILES string of the molecule is C=Cc1cc2c3c(c1)nc(-c1cc4ccccc4n1CC1CC1)n3C(C)(C)CC2. The zero-order chi connectivity index (χ0) is 19.8. The number of nitrogens with zero attached hydrogens (tertiary/aromatic N) is 3. The van der Waals surface area contributed by atoms with Crippen molar-refractivity contribution < 1.29 is 0 Å². The molecule has 0 spiro atoms. The van der Waals surface area contributed by atoms with Gasteiger partial charge < -0.3 is 9.13 Å². The first-order chi connectivity index (χ1) is 14.0. The van der Waals surface area contributed by atoms with Gasteiger partial charge in [-0.2, -0.15) is 0 Å². The Labute approximate surface area is 171 Å². The standard InChI is InChI=1S/C26H27N3/c1-4-17-13-20-11-12-26(2,3)29-24(20)21(14-17)27-25(29)23-15-19-7-5-6-8-22(19)28(23)16-18-9-10-18/h4-8,13-15,18H,1,9-12,16H2,2-3H3. The predicted octanol–water partition coefficient (Wildman–Crippen LogP) is 6.39. The van der Waals surface area contributed by atoms with E-state index in [4.69, 9.17) is 4.98 Å². The molecule has 0 unspecified atom stereocenters. The molecule has 4 aromatic rings. The lowest BCUT2D eigenvalue weighted by Gasteiger charge is -2.34. The third kappa shape index (κ3) is 2.53. The monoisotopic (exact) mass is 381 g/mol. The van der Waals surface area contributed by atoms with Gasteiger partial charge in [-0.05, 0) is 80.8 Å². The number of aryl methyl sites for hydroxylation is 1. The molecule has 0 bridgehead atoms. The van der Waals surface area contributed by atoms with E-state index in [0.717, 1.165) is 36.6 Å². The Bertz CT molecular complexity index is 1280. The first kappa shape index (κ1) is 17.1. The Morgan fingerprint density at radius 2 is 2.00 bits per heavy atom. The van der Waals surface area contributed by atoms with Crippen LogP contribution < -0.4 is 0 Å². The highest BCUT2D eigenvalue weighted by atomic mass is 15.2. The minimum atomic E-state index is 0.0493. The molecule has 146 valence electrons. The highest BCUT2D eigenvalue weighted by molar-refractivity contribution is 5.90. The molecular weight excluding hydrogens is 354 g/mol. The fraction of sp³-hybridized carbons (Fsp3) is 0.346. The molecule has 2 aromatic heterocycles. The van der Waals surface area contributed by atoms with Crippen LogP contribution >= 0.6 is 0 Å². The topological polar surface area (TPSA) is 22.8 Å². The van der Waals surface area contributed by atoms with Crippen LogP contribution in [0.1, 0.15) is 44.2 Å². The molecule has 29 heavy (non-hydrogen) atoms. The molecular formula is C26H27N3. The highest BCUT2D eigenvalue weighted by Crippen LogP contribution is 2.42. The van der Waals surface area contributed by atoms with Crippen LogP contribution in [0.25, 0.3) is 39.5 Å². The maximum absolute atomic E-state index is 5.24. The summed E-state index contributed by atoms with van der Waals surface area (Å²) in [6, 6.07) is 15.6. The summed E-state index contributed by atoms with van der Waals surface area (Å²) in [6.07, 6.45) is 6.86. The molecule has 0 amide bonds. The van der Waals surface area contributed by atoms with Crippen LogP contribution in [-0.4, -0.2) is 14.1 Å². The number of benzene rings is 2. The molecule has 2 aliphatic rings. The first-order valence-electron chi connectivity index (χ1n) is 10.8. The summed E-state index contributed by atoms with van der Waals surface area (Å²) in [6.45, 7) is 9.80. The van der Waals surface area contributed by atoms with E-state index < -0.39 is 0 Å². The quantitative estimate of drug-likeness (QED) is 0.401. The molecule has 1 aliphatic heterocycles. The van der Waals surface area contributed by atoms with Gasteiger partial charge in [-0.3, -0.25) is 0 Å². The van der Waals surface area contributed by atoms with E-state index >= 15 is 0 Å². The highest BCUT2D eigenvalue weighted by Gasteiger charge is 2.33. The molecule has 3 heterocycles. The lowest BCUT2D eigenvalue weighted by atomic mass is 9.89. The van der Waals surface area contributed by atoms with Gasteiger partial charge in [0.25, 0.3) is 0 Å². The molecule has 1 aliphatic carbocycles. The van der Waals surface area contributed by atoms with E-state index in [2.05, 4.69) is 72.0 Å². The van der Waals surface area contributed by atoms with E-state index in [9.17, 15) is 0 Å². The van der Waals surface area contributed by atoms with Crippen molar-refractivity contribution in [2.24, 2.45) is 5.92 Å². The first-order valence-corrected chi connectivity index (χ1v) is 10.8. The van der Waals surface area contributed by atoms with Gasteiger partial charge in [0.2, 0.25) is 0 Å². The van der Waals surface area contributed by atoms with E-state index in [1.165, 1.54) is 46.1 Å². The molecule has 3 heteroatoms. The van der Waals surface area contributed by atoms with E-state index in [0.29, 0.717) is 0 Å². The van der Waals surface area contributed by atoms with Crippen LogP contribution in [0.2, 0.25) is 0 Å². The second-order valence-corrected chi connectivity index (χ2v) is 9.48. The second-order valence-electron chi connectivity index (χ2n) is 9.48. The maximum atomic E-state index is 5.24. The molecule has 0 N–H and O–H groups in total. The number of imidazole rings is 1. The van der Waals surface area contributed by atoms with Gasteiger partial charge >= 0.3 is 0 Å². The van der Waals surface area contributed by atoms with Crippen molar-refractivity contribution in [1.29, 1.82) is 0 Å². The van der Waals surface area contributed by atoms with Crippen LogP contribution in [0.3, 0.4) is 0 Å². The Hall–Kier alpha value is -2.81. The largest absolute Gasteiger partial charge is 0.338 e. The van der Waals surface area contributed by atoms with Crippen molar-refractivity contribution in [2.75, 3.05) is 0 Å². The lowest BCUT2D eigenvalue weighted by Crippen LogP contribution is -2.31. The molecule has 2 aromatic carbocycles. The summed E-state index contributed by atoms with van der Waals surface area (Å²) < 4.78 is 5.04. The average Bonchev–Trinajstić information content (AvgIpc) is 3.33. The van der Waals surface area contributed by atoms with Crippen LogP contribution in [0.15, 0.2) is 49.0 Å². The van der Waals surface area contributed by atoms with Gasteiger partial charge in [0.1, 0.15) is 0 Å². The molecule has 0 radical (unpaired) electrons. The van der Waals surface area contributed by atoms with Crippen LogP contribution in [0, 0.1) is 5.92 Å². The molecule has 3 nitrogen and oxygen atoms in total. The number of hydrogen-bond acceptors (Lipinski definition) is 1. The minimum Gasteiger partial charge on any atom is -0.338 e. The minimum absolute atomic E-state index is 0.0493. The Morgan fingerprint density at radius 3 is 2.79 bits per heavy atom. The van der Waals surface area contributed by atoms with Crippen LogP contribution in [-0.2, 0) is 18.5 Å². The Morgan fingerprint density at radius 1 is 1.17 bits per heavy atom. The Kier molecular flexibility index (Phi) is 3.45. The van der Waals surface area contributed by atoms with Crippen molar-refractivity contribution >= 4 is 28.0 Å². The smallest absolute Gasteiger partial charge is 0.158 e. The van der Waals surface area contributed by atoms with Gasteiger partial charge in [-0.15, -0.1) is 0 Å². The zero-order valence-electron chi connectivity index (χ0n) is 17.3. The predicted molar refractivity (Wildman–Crippen MR) is 121 cm³/mol. The fourth-order valence-electron chi connectivity index (χ4n) is 5.09. The van der Waals surface area contributed by atoms with Crippen LogP contribution in [0.4, 0.5) is 0 Å². The zero-order valence-corrected chi connectivity index (χ0v) is 17.3. The van der Waals surface area contributed by atoms with Crippen molar-refractivity contribution in [3.8, 4) is 11.5 Å². The van der Waals surface area contributed by atoms with Gasteiger partial charge in [-0.25, -0.2) is 4.98 Å². The van der Waals surface area contributed by atoms with Crippen molar-refractivity contribution in [2.45, 2.75) is 51.6 Å². The van der Waals surface area contributed by atoms with Gasteiger partial charge in [-0.1, -0.05) is 30.9 Å². The third-order valence-electron chi connectivity index (χ3n) is 6.88. The second kappa shape index (κ2) is 5.85. The van der Waals surface area contributed by atoms with Gasteiger partial charge in [0.15, 0.2) is 5.82 Å². The Balaban J connectivity index is 1.69. The van der Waals surface area contributed by atoms with Crippen molar-refractivity contribution in [1.82, 2.24) is 14.1 Å². The van der Waals surface area contributed by atoms with Crippen molar-refractivity contribution in [3.05, 3.63) is 60.2 Å². The fourth-order valence-corrected chi connectivity index (χ4v) is 5.09. The summed E-state index contributed by atoms with van der Waals surface area (Å²) in [5.74, 6) is 1.93. The molecule has 1 saturated carbocycles. The van der Waals surface area contributed by atoms with E-state index in [-0.39, 0.29) is 5.54 Å². The van der Waals surface area contributed by atoms with Gasteiger partial charge in [0.05, 0.1) is 16.7 Å². The number of aromatic nitrogens is 3. The normalized spacial score (nSPS) is 17.9. The third-order valence-corrected chi connectivity index (χ3v) is 6.88. The summed E-state index contributed by atoms with van der Waals surface area (Å²) >= 11 is 0. The summed E-state index contributed by atoms with van der Waals surface area (Å²) in [5, 5.41) is 1.31. The molecule has 1 fully saturated rings. The number of fused-ring (bicyclic) bond motifs is 1. The van der Waals surface area contributed by atoms with E-state index in [1.807, 2.05) is 6.08 Å². The maximum Gasteiger partial charge on any atom is 0.158 e. The van der Waals surface area contributed by atoms with Gasteiger partial charge in [0, 0.05) is 23.0 Å². The van der Waals surface area contributed by atoms with E-state index in [1.54, 1.807) is 0 Å². The number of rotatable bonds is 4. The molecule has 0 saturated heterocycles. The molecule has 0 atom stereocenters. The molecule has 6 rings (SSSR count). The number of hydrogen-bond donors (Lipinski definition) is 0. The average molecular weight is 382 g/mol. The summed E-state index contributed by atoms with van der Waals surface area (Å²) in [7, 11) is 0. The summed E-state index contributed by atoms with van der Waals surface area (Å²) in [4.78, 5) is 5.24. The lowest BCUT2D eigenvalue weighted by molar-refractivity contribution is 0.328. The van der Waals surface area contributed by atoms with Crippen LogP contribution in [0.5, 0.6) is 0 Å².